The Morgan fingerprint density at radius 2 is 2.08 bits per heavy atom. The number of rotatable bonds is 7. The second-order valence-electron chi connectivity index (χ2n) is 5.39. The third-order valence-electron chi connectivity index (χ3n) is 3.67. The van der Waals surface area contributed by atoms with Crippen LogP contribution in [0, 0.1) is 6.92 Å². The zero-order chi connectivity index (χ0) is 17.4. The molecule has 5 nitrogen and oxygen atoms in total. The van der Waals surface area contributed by atoms with Crippen LogP contribution in [0.4, 0.5) is 0 Å². The number of guanidine groups is 1. The van der Waals surface area contributed by atoms with Gasteiger partial charge in [0.15, 0.2) is 5.96 Å². The minimum Gasteiger partial charge on any atom is -0.508 e. The predicted octanol–water partition coefficient (Wildman–Crippen LogP) is 3.69. The highest BCUT2D eigenvalue weighted by Gasteiger charge is 2.05. The van der Waals surface area contributed by atoms with Crippen LogP contribution in [0.15, 0.2) is 34.6 Å². The van der Waals surface area contributed by atoms with Crippen LogP contribution in [0.5, 0.6) is 11.5 Å². The van der Waals surface area contributed by atoms with Crippen molar-refractivity contribution >= 4 is 41.3 Å². The molecule has 0 spiro atoms. The number of ether oxygens (including phenoxy) is 1. The molecule has 0 saturated carbocycles. The molecule has 1 aromatic heterocycles. The van der Waals surface area contributed by atoms with E-state index in [1.165, 1.54) is 10.4 Å². The van der Waals surface area contributed by atoms with Crippen molar-refractivity contribution in [3.05, 3.63) is 45.6 Å². The maximum atomic E-state index is 10.00. The first-order valence-corrected chi connectivity index (χ1v) is 8.93. The quantitative estimate of drug-likeness (QED) is 0.325. The summed E-state index contributed by atoms with van der Waals surface area (Å²) in [4.78, 5) is 5.90. The summed E-state index contributed by atoms with van der Waals surface area (Å²) in [6.07, 6.45) is 0.707. The Bertz CT molecular complexity index is 689. The number of nitrogens with one attached hydrogen (secondary N) is 2. The summed E-state index contributed by atoms with van der Waals surface area (Å²) in [5.41, 5.74) is 2.16. The van der Waals surface area contributed by atoms with E-state index in [-0.39, 0.29) is 29.7 Å². The number of aromatic hydroxyl groups is 1. The highest BCUT2D eigenvalue weighted by Crippen LogP contribution is 2.23. The van der Waals surface area contributed by atoms with Crippen molar-refractivity contribution in [2.24, 2.45) is 4.99 Å². The number of halogens is 1. The molecular weight excluding hydrogens is 449 g/mol. The molecule has 0 unspecified atom stereocenters. The van der Waals surface area contributed by atoms with E-state index in [0.29, 0.717) is 25.3 Å². The summed E-state index contributed by atoms with van der Waals surface area (Å²) in [6.45, 7) is 6.32. The average molecular weight is 475 g/mol. The van der Waals surface area contributed by atoms with Gasteiger partial charge in [-0.3, -0.25) is 0 Å². The largest absolute Gasteiger partial charge is 0.508 e. The molecule has 0 bridgehead atoms. The van der Waals surface area contributed by atoms with Gasteiger partial charge in [0.1, 0.15) is 11.5 Å². The Morgan fingerprint density at radius 1 is 1.28 bits per heavy atom. The first kappa shape index (κ1) is 21.6. The van der Waals surface area contributed by atoms with Crippen molar-refractivity contribution in [3.8, 4) is 11.5 Å². The number of aliphatic imine (C=N–C) groups is 1. The van der Waals surface area contributed by atoms with Gasteiger partial charge < -0.3 is 20.5 Å². The molecule has 2 aromatic rings. The number of nitrogens with zero attached hydrogens (tertiary/aromatic N) is 1. The number of thiophene rings is 1. The summed E-state index contributed by atoms with van der Waals surface area (Å²) in [5.74, 6) is 1.70. The predicted molar refractivity (Wildman–Crippen MR) is 116 cm³/mol. The van der Waals surface area contributed by atoms with Gasteiger partial charge in [-0.05, 0) is 48.9 Å². The van der Waals surface area contributed by atoms with E-state index in [0.717, 1.165) is 18.1 Å². The lowest BCUT2D eigenvalue weighted by Gasteiger charge is -2.12. The molecule has 0 aliphatic rings. The molecule has 0 atom stereocenters. The van der Waals surface area contributed by atoms with Crippen molar-refractivity contribution in [1.29, 1.82) is 0 Å². The highest BCUT2D eigenvalue weighted by molar-refractivity contribution is 14.0. The first-order chi connectivity index (χ1) is 11.6. The monoisotopic (exact) mass is 475 g/mol. The number of hydrogen-bond donors (Lipinski definition) is 3. The molecular formula is C18H26IN3O2S. The van der Waals surface area contributed by atoms with Gasteiger partial charge in [0, 0.05) is 24.0 Å². The van der Waals surface area contributed by atoms with Crippen molar-refractivity contribution in [3.63, 3.8) is 0 Å². The number of phenolic OH excluding ortho intramolecular Hbond substituents is 1. The van der Waals surface area contributed by atoms with Crippen molar-refractivity contribution < 1.29 is 9.84 Å². The van der Waals surface area contributed by atoms with Gasteiger partial charge in [-0.25, -0.2) is 4.99 Å². The fourth-order valence-electron chi connectivity index (χ4n) is 2.26. The summed E-state index contributed by atoms with van der Waals surface area (Å²) in [5, 5.41) is 18.6. The van der Waals surface area contributed by atoms with E-state index < -0.39 is 0 Å². The molecule has 2 rings (SSSR count). The normalized spacial score (nSPS) is 10.9. The molecule has 0 amide bonds. The van der Waals surface area contributed by atoms with Crippen LogP contribution in [-0.2, 0) is 13.0 Å². The van der Waals surface area contributed by atoms with Gasteiger partial charge >= 0.3 is 0 Å². The molecule has 25 heavy (non-hydrogen) atoms. The van der Waals surface area contributed by atoms with Crippen LogP contribution >= 0.6 is 35.3 Å². The van der Waals surface area contributed by atoms with Crippen molar-refractivity contribution in [1.82, 2.24) is 10.6 Å². The number of phenols is 1. The smallest absolute Gasteiger partial charge is 0.191 e. The van der Waals surface area contributed by atoms with Gasteiger partial charge in [0.2, 0.25) is 0 Å². The van der Waals surface area contributed by atoms with Crippen LogP contribution in [0.2, 0.25) is 0 Å². The van der Waals surface area contributed by atoms with Gasteiger partial charge in [0.25, 0.3) is 0 Å². The molecule has 0 radical (unpaired) electrons. The summed E-state index contributed by atoms with van der Waals surface area (Å²) < 4.78 is 5.10. The molecule has 7 heteroatoms. The third-order valence-corrected chi connectivity index (χ3v) is 4.68. The van der Waals surface area contributed by atoms with Gasteiger partial charge in [-0.2, -0.15) is 0 Å². The molecule has 3 N–H and O–H groups in total. The van der Waals surface area contributed by atoms with Gasteiger partial charge in [0.05, 0.1) is 13.7 Å². The molecule has 1 aromatic carbocycles. The van der Waals surface area contributed by atoms with E-state index in [4.69, 9.17) is 4.74 Å². The fourth-order valence-corrected chi connectivity index (χ4v) is 3.09. The Hall–Kier alpha value is -1.48. The fraction of sp³-hybridized carbons (Fsp3) is 0.389. The topological polar surface area (TPSA) is 65.9 Å². The Balaban J connectivity index is 0.00000312. The lowest BCUT2D eigenvalue weighted by Crippen LogP contribution is -2.38. The number of aryl methyl sites for hydroxylation is 1. The van der Waals surface area contributed by atoms with Crippen LogP contribution in [0.3, 0.4) is 0 Å². The molecule has 138 valence electrons. The standard InChI is InChI=1S/C18H25N3O2S.HI/c1-4-19-18(21-12-17-13(2)8-10-24-17)20-9-7-14-5-6-15(23-3)11-16(14)22;/h5-6,8,10-11,22H,4,7,9,12H2,1-3H3,(H2,19,20,21);1H. The van der Waals surface area contributed by atoms with E-state index in [2.05, 4.69) is 34.0 Å². The van der Waals surface area contributed by atoms with Gasteiger partial charge in [-0.1, -0.05) is 6.07 Å². The molecule has 0 fully saturated rings. The first-order valence-electron chi connectivity index (χ1n) is 8.05. The van der Waals surface area contributed by atoms with E-state index in [9.17, 15) is 5.11 Å². The van der Waals surface area contributed by atoms with E-state index in [1.807, 2.05) is 19.1 Å². The van der Waals surface area contributed by atoms with E-state index in [1.54, 1.807) is 24.5 Å². The van der Waals surface area contributed by atoms with Crippen molar-refractivity contribution in [2.45, 2.75) is 26.8 Å². The maximum absolute atomic E-state index is 10.00. The zero-order valence-electron chi connectivity index (χ0n) is 14.8. The number of hydrogen-bond acceptors (Lipinski definition) is 4. The molecule has 0 aliphatic heterocycles. The Labute approximate surface area is 170 Å². The minimum atomic E-state index is 0. The molecule has 1 heterocycles. The lowest BCUT2D eigenvalue weighted by molar-refractivity contribution is 0.406. The third kappa shape index (κ3) is 6.74. The SMILES string of the molecule is CCNC(=NCc1sccc1C)NCCc1ccc(OC)cc1O.I. The number of methoxy groups -OCH3 is 1. The summed E-state index contributed by atoms with van der Waals surface area (Å²) in [6, 6.07) is 7.49. The lowest BCUT2D eigenvalue weighted by atomic mass is 10.1. The van der Waals surface area contributed by atoms with Crippen molar-refractivity contribution in [2.75, 3.05) is 20.2 Å². The average Bonchev–Trinajstić information content (AvgIpc) is 2.99. The Morgan fingerprint density at radius 3 is 2.68 bits per heavy atom. The summed E-state index contributed by atoms with van der Waals surface area (Å²) >= 11 is 1.73. The summed E-state index contributed by atoms with van der Waals surface area (Å²) in [7, 11) is 1.59. The molecule has 0 saturated heterocycles. The molecule has 0 aliphatic carbocycles. The second-order valence-corrected chi connectivity index (χ2v) is 6.39. The Kier molecular flexibility index (Phi) is 9.66. The highest BCUT2D eigenvalue weighted by atomic mass is 127. The minimum absolute atomic E-state index is 0. The second kappa shape index (κ2) is 11.2. The van der Waals surface area contributed by atoms with Crippen LogP contribution in [0.25, 0.3) is 0 Å². The van der Waals surface area contributed by atoms with E-state index >= 15 is 0 Å². The number of benzene rings is 1. The van der Waals surface area contributed by atoms with Crippen LogP contribution in [0.1, 0.15) is 22.9 Å². The van der Waals surface area contributed by atoms with Crippen LogP contribution < -0.4 is 15.4 Å². The maximum Gasteiger partial charge on any atom is 0.191 e. The van der Waals surface area contributed by atoms with Crippen LogP contribution in [-0.4, -0.2) is 31.3 Å². The van der Waals surface area contributed by atoms with Gasteiger partial charge in [-0.15, -0.1) is 35.3 Å². The zero-order valence-corrected chi connectivity index (χ0v) is 18.0.